The number of rotatable bonds is 7. The molecule has 1 heterocycles. The first kappa shape index (κ1) is 16.5. The predicted molar refractivity (Wildman–Crippen MR) is 91.3 cm³/mol. The Bertz CT molecular complexity index is 532. The summed E-state index contributed by atoms with van der Waals surface area (Å²) in [6.45, 7) is 1.22. The van der Waals surface area contributed by atoms with E-state index in [0.717, 1.165) is 35.9 Å². The molecule has 0 spiro atoms. The zero-order chi connectivity index (χ0) is 16.7. The fraction of sp³-hybridized carbons (Fsp3) is 0.895. The van der Waals surface area contributed by atoms with Gasteiger partial charge >= 0.3 is 0 Å². The highest BCUT2D eigenvalue weighted by molar-refractivity contribution is 5.16. The van der Waals surface area contributed by atoms with Crippen LogP contribution >= 0.6 is 0 Å². The van der Waals surface area contributed by atoms with E-state index in [9.17, 15) is 0 Å². The summed E-state index contributed by atoms with van der Waals surface area (Å²) in [5.41, 5.74) is 4.52. The van der Waals surface area contributed by atoms with Crippen LogP contribution in [0, 0.1) is 17.8 Å². The van der Waals surface area contributed by atoms with E-state index in [0.29, 0.717) is 0 Å². The lowest BCUT2D eigenvalue weighted by Gasteiger charge is -2.55. The van der Waals surface area contributed by atoms with Gasteiger partial charge in [-0.15, -0.1) is 0 Å². The zero-order valence-electron chi connectivity index (χ0n) is 15.4. The van der Waals surface area contributed by atoms with E-state index in [2.05, 4.69) is 25.0 Å². The Kier molecular flexibility index (Phi) is 4.42. The molecule has 1 aromatic rings. The summed E-state index contributed by atoms with van der Waals surface area (Å²) in [6, 6.07) is 0.150. The molecule has 4 saturated carbocycles. The molecule has 0 saturated heterocycles. The third kappa shape index (κ3) is 3.13. The number of hydrogen-bond donors (Lipinski definition) is 2. The maximum Gasteiger partial charge on any atom is 0.284 e. The normalized spacial score (nSPS) is 35.8. The Morgan fingerprint density at radius 3 is 2.33 bits per heavy atom. The Morgan fingerprint density at radius 1 is 1.12 bits per heavy atom. The van der Waals surface area contributed by atoms with Crippen molar-refractivity contribution in [1.29, 1.82) is 0 Å². The van der Waals surface area contributed by atoms with Crippen LogP contribution in [-0.4, -0.2) is 30.8 Å². The summed E-state index contributed by atoms with van der Waals surface area (Å²) in [6.07, 6.45) is 11.7. The summed E-state index contributed by atoms with van der Waals surface area (Å²) < 4.78 is 5.67. The lowest BCUT2D eigenvalue weighted by Crippen LogP contribution is -3.05. The molecule has 0 radical (unpaired) electrons. The minimum Gasteiger partial charge on any atom is -0.347 e. The van der Waals surface area contributed by atoms with Crippen molar-refractivity contribution in [2.24, 2.45) is 17.8 Å². The van der Waals surface area contributed by atoms with Crippen molar-refractivity contribution in [3.63, 3.8) is 0 Å². The molecule has 5 nitrogen and oxygen atoms in total. The molecule has 0 aromatic carbocycles. The summed E-state index contributed by atoms with van der Waals surface area (Å²) in [4.78, 5) is 6.38. The number of aromatic nitrogens is 2. The monoisotopic (exact) mass is 334 g/mol. The van der Waals surface area contributed by atoms with Crippen molar-refractivity contribution < 1.29 is 15.2 Å². The van der Waals surface area contributed by atoms with Crippen molar-refractivity contribution in [2.75, 3.05) is 20.6 Å². The van der Waals surface area contributed by atoms with E-state index in [4.69, 9.17) is 9.51 Å². The number of nitrogens with zero attached hydrogens (tertiary/aromatic N) is 2. The Balaban J connectivity index is 1.40. The number of nitrogens with one attached hydrogen (secondary N) is 1. The van der Waals surface area contributed by atoms with Gasteiger partial charge in [-0.1, -0.05) is 5.16 Å². The molecule has 0 unspecified atom stereocenters. The lowest BCUT2D eigenvalue weighted by molar-refractivity contribution is -0.858. The fourth-order valence-electron chi connectivity index (χ4n) is 5.99. The first-order valence-corrected chi connectivity index (χ1v) is 10.0. The fourth-order valence-corrected chi connectivity index (χ4v) is 5.99. The number of unbranched alkanes of at least 4 members (excludes halogenated alkanes) is 1. The average molecular weight is 335 g/mol. The molecule has 4 bridgehead atoms. The van der Waals surface area contributed by atoms with E-state index in [1.54, 1.807) is 0 Å². The van der Waals surface area contributed by atoms with Crippen LogP contribution < -0.4 is 10.6 Å². The number of hydrogen-bond acceptors (Lipinski definition) is 3. The highest BCUT2D eigenvalue weighted by Gasteiger charge is 2.53. The average Bonchev–Trinajstić information content (AvgIpc) is 3.00. The molecule has 134 valence electrons. The summed E-state index contributed by atoms with van der Waals surface area (Å²) >= 11 is 0. The highest BCUT2D eigenvalue weighted by Crippen LogP contribution is 2.60. The smallest absolute Gasteiger partial charge is 0.284 e. The van der Waals surface area contributed by atoms with Gasteiger partial charge in [-0.25, -0.2) is 0 Å². The zero-order valence-corrected chi connectivity index (χ0v) is 15.4. The van der Waals surface area contributed by atoms with E-state index in [1.807, 2.05) is 0 Å². The van der Waals surface area contributed by atoms with Crippen LogP contribution in [0.25, 0.3) is 0 Å². The van der Waals surface area contributed by atoms with Gasteiger partial charge in [0, 0.05) is 11.8 Å². The molecule has 5 rings (SSSR count). The first-order chi connectivity index (χ1) is 11.5. The summed E-state index contributed by atoms with van der Waals surface area (Å²) in [5.74, 6) is 4.55. The SMILES string of the molecule is C[NH+](C)CCCC[C@H]([NH3+])c1nc(C23CC4CC(CC(C4)C2)C3)no1. The van der Waals surface area contributed by atoms with Crippen molar-refractivity contribution in [3.05, 3.63) is 11.7 Å². The second kappa shape index (κ2) is 6.41. The molecular weight excluding hydrogens is 300 g/mol. The van der Waals surface area contributed by atoms with Gasteiger partial charge in [0.15, 0.2) is 11.9 Å². The van der Waals surface area contributed by atoms with E-state index in [1.165, 1.54) is 62.8 Å². The molecule has 0 aliphatic heterocycles. The molecule has 4 aliphatic rings. The van der Waals surface area contributed by atoms with Gasteiger partial charge in [-0.2, -0.15) is 4.98 Å². The quantitative estimate of drug-likeness (QED) is 0.735. The topological polar surface area (TPSA) is 71.0 Å². The van der Waals surface area contributed by atoms with E-state index in [-0.39, 0.29) is 11.5 Å². The van der Waals surface area contributed by atoms with Gasteiger partial charge < -0.3 is 15.2 Å². The first-order valence-electron chi connectivity index (χ1n) is 10.0. The van der Waals surface area contributed by atoms with Crippen molar-refractivity contribution in [3.8, 4) is 0 Å². The predicted octanol–water partition coefficient (Wildman–Crippen LogP) is 1.14. The molecule has 24 heavy (non-hydrogen) atoms. The molecule has 4 fully saturated rings. The van der Waals surface area contributed by atoms with Crippen LogP contribution in [0.1, 0.15) is 75.5 Å². The number of quaternary nitrogens is 2. The maximum atomic E-state index is 5.67. The van der Waals surface area contributed by atoms with Crippen LogP contribution in [0.4, 0.5) is 0 Å². The molecule has 5 heteroatoms. The Morgan fingerprint density at radius 2 is 1.75 bits per heavy atom. The molecule has 1 aromatic heterocycles. The van der Waals surface area contributed by atoms with E-state index >= 15 is 0 Å². The summed E-state index contributed by atoms with van der Waals surface area (Å²) in [5, 5.41) is 4.45. The van der Waals surface area contributed by atoms with Gasteiger partial charge in [0.05, 0.1) is 20.6 Å². The van der Waals surface area contributed by atoms with Gasteiger partial charge in [-0.05, 0) is 69.1 Å². The molecule has 1 atom stereocenters. The van der Waals surface area contributed by atoms with Gasteiger partial charge in [0.1, 0.15) is 0 Å². The van der Waals surface area contributed by atoms with Crippen molar-refractivity contribution in [1.82, 2.24) is 10.1 Å². The second-order valence-electron chi connectivity index (χ2n) is 9.30. The third-order valence-electron chi connectivity index (χ3n) is 6.78. The molecular formula is C19H34N4O+2. The van der Waals surface area contributed by atoms with Crippen LogP contribution in [0.5, 0.6) is 0 Å². The third-order valence-corrected chi connectivity index (χ3v) is 6.78. The highest BCUT2D eigenvalue weighted by atomic mass is 16.5. The van der Waals surface area contributed by atoms with Gasteiger partial charge in [-0.3, -0.25) is 0 Å². The van der Waals surface area contributed by atoms with Gasteiger partial charge in [0.2, 0.25) is 0 Å². The Hall–Kier alpha value is -0.940. The van der Waals surface area contributed by atoms with Crippen LogP contribution in [0.15, 0.2) is 4.52 Å². The van der Waals surface area contributed by atoms with Crippen LogP contribution in [-0.2, 0) is 5.41 Å². The summed E-state index contributed by atoms with van der Waals surface area (Å²) in [7, 11) is 4.41. The minimum atomic E-state index is 0.150. The van der Waals surface area contributed by atoms with Crippen molar-refractivity contribution >= 4 is 0 Å². The van der Waals surface area contributed by atoms with E-state index < -0.39 is 0 Å². The van der Waals surface area contributed by atoms with Crippen LogP contribution in [0.2, 0.25) is 0 Å². The van der Waals surface area contributed by atoms with Gasteiger partial charge in [0.25, 0.3) is 5.89 Å². The molecule has 4 N–H and O–H groups in total. The van der Waals surface area contributed by atoms with Crippen molar-refractivity contribution in [2.45, 2.75) is 69.2 Å². The lowest BCUT2D eigenvalue weighted by atomic mass is 9.49. The molecule has 4 aliphatic carbocycles. The Labute approximate surface area is 145 Å². The largest absolute Gasteiger partial charge is 0.347 e. The van der Waals surface area contributed by atoms with Crippen LogP contribution in [0.3, 0.4) is 0 Å². The standard InChI is InChI=1S/C19H32N4O/c1-23(2)6-4-3-5-16(20)17-21-18(22-24-17)19-10-13-7-14(11-19)9-15(8-13)12-19/h13-16H,3-12,20H2,1-2H3/p+2/t13?,14?,15?,16-,19?/m0/s1. The molecule has 0 amide bonds. The second-order valence-corrected chi connectivity index (χ2v) is 9.30. The maximum absolute atomic E-state index is 5.67. The minimum absolute atomic E-state index is 0.150.